The third kappa shape index (κ3) is 11.9. The normalized spacial score (nSPS) is 11.1. The van der Waals surface area contributed by atoms with E-state index < -0.39 is 0 Å². The number of hydrogen-bond acceptors (Lipinski definition) is 3. The Bertz CT molecular complexity index is 107. The van der Waals surface area contributed by atoms with Crippen LogP contribution in [0.4, 0.5) is 0 Å². The highest BCUT2D eigenvalue weighted by atomic mass is 16.5. The van der Waals surface area contributed by atoms with Gasteiger partial charge in [0, 0.05) is 19.8 Å². The fourth-order valence-electron chi connectivity index (χ4n) is 1.09. The molecular weight excluding hydrogens is 178 g/mol. The first-order valence-electron chi connectivity index (χ1n) is 5.67. The molecule has 1 N–H and O–H groups in total. The van der Waals surface area contributed by atoms with Gasteiger partial charge in [0.2, 0.25) is 0 Å². The van der Waals surface area contributed by atoms with E-state index in [1.807, 2.05) is 6.92 Å². The molecule has 0 aromatic heterocycles. The topological polar surface area (TPSA) is 30.5 Å². The van der Waals surface area contributed by atoms with Crippen molar-refractivity contribution in [1.82, 2.24) is 5.32 Å². The average Bonchev–Trinajstić information content (AvgIpc) is 2.15. The lowest BCUT2D eigenvalue weighted by atomic mass is 10.3. The minimum atomic E-state index is 0.342. The van der Waals surface area contributed by atoms with Crippen LogP contribution in [-0.4, -0.2) is 39.0 Å². The monoisotopic (exact) mass is 203 g/mol. The van der Waals surface area contributed by atoms with E-state index in [0.717, 1.165) is 39.3 Å². The van der Waals surface area contributed by atoms with E-state index in [1.54, 1.807) is 0 Å². The molecule has 0 heterocycles. The van der Waals surface area contributed by atoms with E-state index in [9.17, 15) is 0 Å². The standard InChI is InChI=1S/C11H25NO2/c1-4-13-9-6-5-7-12-8-10-14-11(2)3/h11-12H,4-10H2,1-3H3. The fourth-order valence-corrected chi connectivity index (χ4v) is 1.09. The van der Waals surface area contributed by atoms with Crippen molar-refractivity contribution < 1.29 is 9.47 Å². The maximum absolute atomic E-state index is 5.40. The smallest absolute Gasteiger partial charge is 0.0594 e. The maximum Gasteiger partial charge on any atom is 0.0594 e. The Morgan fingerprint density at radius 2 is 1.86 bits per heavy atom. The van der Waals surface area contributed by atoms with Crippen molar-refractivity contribution in [2.75, 3.05) is 32.9 Å². The molecule has 0 spiro atoms. The predicted octanol–water partition coefficient (Wildman–Crippen LogP) is 1.82. The Morgan fingerprint density at radius 3 is 2.50 bits per heavy atom. The molecule has 0 aromatic carbocycles. The van der Waals surface area contributed by atoms with Crippen LogP contribution in [0.15, 0.2) is 0 Å². The van der Waals surface area contributed by atoms with Crippen LogP contribution >= 0.6 is 0 Å². The largest absolute Gasteiger partial charge is 0.382 e. The van der Waals surface area contributed by atoms with Crippen LogP contribution < -0.4 is 5.32 Å². The zero-order chi connectivity index (χ0) is 10.6. The summed E-state index contributed by atoms with van der Waals surface area (Å²) in [6.45, 7) is 10.7. The van der Waals surface area contributed by atoms with Crippen molar-refractivity contribution in [1.29, 1.82) is 0 Å². The summed E-state index contributed by atoms with van der Waals surface area (Å²) in [6.07, 6.45) is 2.67. The van der Waals surface area contributed by atoms with Crippen LogP contribution in [0.3, 0.4) is 0 Å². The fraction of sp³-hybridized carbons (Fsp3) is 1.00. The van der Waals surface area contributed by atoms with Crippen molar-refractivity contribution in [2.45, 2.75) is 39.7 Å². The molecule has 86 valence electrons. The van der Waals surface area contributed by atoms with Gasteiger partial charge in [-0.25, -0.2) is 0 Å². The zero-order valence-electron chi connectivity index (χ0n) is 9.84. The van der Waals surface area contributed by atoms with E-state index in [2.05, 4.69) is 19.2 Å². The van der Waals surface area contributed by atoms with Gasteiger partial charge in [-0.2, -0.15) is 0 Å². The van der Waals surface area contributed by atoms with Crippen molar-refractivity contribution in [2.24, 2.45) is 0 Å². The van der Waals surface area contributed by atoms with E-state index in [0.29, 0.717) is 6.10 Å². The van der Waals surface area contributed by atoms with Crippen molar-refractivity contribution in [3.05, 3.63) is 0 Å². The molecule has 0 aliphatic heterocycles. The van der Waals surface area contributed by atoms with Crippen LogP contribution in [0.2, 0.25) is 0 Å². The summed E-state index contributed by atoms with van der Waals surface area (Å²) >= 11 is 0. The van der Waals surface area contributed by atoms with Gasteiger partial charge in [-0.15, -0.1) is 0 Å². The Balaban J connectivity index is 2.85. The summed E-state index contributed by atoms with van der Waals surface area (Å²) in [7, 11) is 0. The number of rotatable bonds is 10. The van der Waals surface area contributed by atoms with Gasteiger partial charge in [-0.05, 0) is 40.2 Å². The molecule has 0 atom stereocenters. The molecule has 0 unspecified atom stereocenters. The van der Waals surface area contributed by atoms with Crippen molar-refractivity contribution in [3.63, 3.8) is 0 Å². The molecule has 3 heteroatoms. The zero-order valence-corrected chi connectivity index (χ0v) is 9.84. The van der Waals surface area contributed by atoms with E-state index in [1.165, 1.54) is 6.42 Å². The van der Waals surface area contributed by atoms with Gasteiger partial charge in [0.1, 0.15) is 0 Å². The minimum absolute atomic E-state index is 0.342. The van der Waals surface area contributed by atoms with Gasteiger partial charge in [0.05, 0.1) is 12.7 Å². The second kappa shape index (κ2) is 11.0. The summed E-state index contributed by atoms with van der Waals surface area (Å²) in [5.74, 6) is 0. The first-order valence-corrected chi connectivity index (χ1v) is 5.67. The molecule has 0 aliphatic carbocycles. The summed E-state index contributed by atoms with van der Waals surface area (Å²) in [6, 6.07) is 0. The van der Waals surface area contributed by atoms with Crippen LogP contribution in [0.5, 0.6) is 0 Å². The van der Waals surface area contributed by atoms with Gasteiger partial charge >= 0.3 is 0 Å². The van der Waals surface area contributed by atoms with Crippen molar-refractivity contribution in [3.8, 4) is 0 Å². The molecule has 0 bridgehead atoms. The lowest BCUT2D eigenvalue weighted by Crippen LogP contribution is -2.22. The molecule has 0 fully saturated rings. The molecular formula is C11H25NO2. The highest BCUT2D eigenvalue weighted by molar-refractivity contribution is 4.48. The SMILES string of the molecule is CCOCCCCNCCOC(C)C. The van der Waals surface area contributed by atoms with E-state index in [4.69, 9.17) is 9.47 Å². The van der Waals surface area contributed by atoms with Gasteiger partial charge < -0.3 is 14.8 Å². The molecule has 0 radical (unpaired) electrons. The molecule has 0 amide bonds. The number of unbranched alkanes of at least 4 members (excludes halogenated alkanes) is 1. The highest BCUT2D eigenvalue weighted by Gasteiger charge is 1.92. The third-order valence-electron chi connectivity index (χ3n) is 1.83. The molecule has 0 rings (SSSR count). The van der Waals surface area contributed by atoms with Crippen LogP contribution in [0.25, 0.3) is 0 Å². The quantitative estimate of drug-likeness (QED) is 0.549. The first-order chi connectivity index (χ1) is 6.77. The molecule has 0 aromatic rings. The van der Waals surface area contributed by atoms with Gasteiger partial charge in [0.15, 0.2) is 0 Å². The number of ether oxygens (including phenoxy) is 2. The summed E-state index contributed by atoms with van der Waals surface area (Å²) in [5.41, 5.74) is 0. The average molecular weight is 203 g/mol. The Hall–Kier alpha value is -0.120. The lowest BCUT2D eigenvalue weighted by molar-refractivity contribution is 0.0807. The Kier molecular flexibility index (Phi) is 10.9. The van der Waals surface area contributed by atoms with Crippen LogP contribution in [-0.2, 0) is 9.47 Å². The summed E-state index contributed by atoms with van der Waals surface area (Å²) < 4.78 is 10.6. The molecule has 0 saturated carbocycles. The van der Waals surface area contributed by atoms with Crippen LogP contribution in [0.1, 0.15) is 33.6 Å². The van der Waals surface area contributed by atoms with Gasteiger partial charge in [0.25, 0.3) is 0 Å². The lowest BCUT2D eigenvalue weighted by Gasteiger charge is -2.08. The van der Waals surface area contributed by atoms with Crippen LogP contribution in [0, 0.1) is 0 Å². The first kappa shape index (κ1) is 13.9. The Morgan fingerprint density at radius 1 is 1.07 bits per heavy atom. The minimum Gasteiger partial charge on any atom is -0.382 e. The summed E-state index contributed by atoms with van der Waals surface area (Å²) in [4.78, 5) is 0. The van der Waals surface area contributed by atoms with Crippen molar-refractivity contribution >= 4 is 0 Å². The molecule has 14 heavy (non-hydrogen) atoms. The van der Waals surface area contributed by atoms with Gasteiger partial charge in [-0.3, -0.25) is 0 Å². The molecule has 3 nitrogen and oxygen atoms in total. The second-order valence-corrected chi connectivity index (χ2v) is 3.57. The second-order valence-electron chi connectivity index (χ2n) is 3.57. The number of hydrogen-bond donors (Lipinski definition) is 1. The highest BCUT2D eigenvalue weighted by Crippen LogP contribution is 1.89. The molecule has 0 aliphatic rings. The van der Waals surface area contributed by atoms with Gasteiger partial charge in [-0.1, -0.05) is 0 Å². The Labute approximate surface area is 88.2 Å². The molecule has 0 saturated heterocycles. The van der Waals surface area contributed by atoms with E-state index >= 15 is 0 Å². The van der Waals surface area contributed by atoms with E-state index in [-0.39, 0.29) is 0 Å². The maximum atomic E-state index is 5.40. The predicted molar refractivity (Wildman–Crippen MR) is 59.7 cm³/mol. The third-order valence-corrected chi connectivity index (χ3v) is 1.83. The number of nitrogens with one attached hydrogen (secondary N) is 1. The summed E-state index contributed by atoms with van der Waals surface area (Å²) in [5, 5.41) is 3.34.